The Balaban J connectivity index is 1.92. The molecule has 1 aliphatic rings. The zero-order valence-corrected chi connectivity index (χ0v) is 17.9. The number of phenols is 1. The van der Waals surface area contributed by atoms with E-state index in [-0.39, 0.29) is 29.5 Å². The quantitative estimate of drug-likeness (QED) is 0.303. The van der Waals surface area contributed by atoms with Gasteiger partial charge in [-0.15, -0.1) is 0 Å². The maximum atomic E-state index is 11.8. The highest BCUT2D eigenvalue weighted by molar-refractivity contribution is 5.86. The van der Waals surface area contributed by atoms with Crippen LogP contribution in [0.1, 0.15) is 31.9 Å². The minimum atomic E-state index is -0.492. The van der Waals surface area contributed by atoms with Gasteiger partial charge in [-0.3, -0.25) is 10.1 Å². The Bertz CT molecular complexity index is 1060. The Morgan fingerprint density at radius 3 is 2.71 bits per heavy atom. The average molecular weight is 422 g/mol. The number of hydrogen-bond acceptors (Lipinski definition) is 6. The number of ether oxygens (including phenoxy) is 1. The minimum absolute atomic E-state index is 0.0305. The normalized spacial score (nSPS) is 16.9. The number of fused-ring (bicyclic) bond motifs is 1. The Hall–Kier alpha value is -3.61. The van der Waals surface area contributed by atoms with E-state index in [0.717, 1.165) is 11.3 Å². The van der Waals surface area contributed by atoms with Crippen LogP contribution in [0.25, 0.3) is 6.08 Å². The molecule has 0 spiro atoms. The van der Waals surface area contributed by atoms with Gasteiger partial charge in [-0.05, 0) is 24.6 Å². The van der Waals surface area contributed by atoms with Crippen LogP contribution in [0.4, 0.5) is 11.4 Å². The van der Waals surface area contributed by atoms with Crippen molar-refractivity contribution in [2.75, 3.05) is 18.1 Å². The van der Waals surface area contributed by atoms with Gasteiger partial charge in [-0.1, -0.05) is 50.8 Å². The van der Waals surface area contributed by atoms with E-state index in [1.807, 2.05) is 24.3 Å². The summed E-state index contributed by atoms with van der Waals surface area (Å²) in [5.74, 6) is -0.461. The van der Waals surface area contributed by atoms with Crippen molar-refractivity contribution < 1.29 is 19.6 Å². The van der Waals surface area contributed by atoms with Gasteiger partial charge in [0.05, 0.1) is 17.5 Å². The van der Waals surface area contributed by atoms with Gasteiger partial charge in [0.1, 0.15) is 12.4 Å². The fourth-order valence-corrected chi connectivity index (χ4v) is 3.92. The van der Waals surface area contributed by atoms with Crippen molar-refractivity contribution in [3.05, 3.63) is 81.9 Å². The molecule has 0 radical (unpaired) electrons. The molecule has 3 rings (SSSR count). The number of nitro groups is 1. The molecule has 0 amide bonds. The van der Waals surface area contributed by atoms with Gasteiger partial charge in [0, 0.05) is 34.4 Å². The number of aromatic hydroxyl groups is 1. The van der Waals surface area contributed by atoms with Gasteiger partial charge in [0.15, 0.2) is 0 Å². The second-order valence-corrected chi connectivity index (χ2v) is 8.15. The van der Waals surface area contributed by atoms with Crippen molar-refractivity contribution in [3.63, 3.8) is 0 Å². The molecule has 162 valence electrons. The van der Waals surface area contributed by atoms with Crippen LogP contribution in [0.3, 0.4) is 0 Å². The van der Waals surface area contributed by atoms with Crippen LogP contribution >= 0.6 is 0 Å². The van der Waals surface area contributed by atoms with Crippen molar-refractivity contribution in [2.24, 2.45) is 0 Å². The van der Waals surface area contributed by atoms with Crippen LogP contribution in [0.15, 0.2) is 60.7 Å². The van der Waals surface area contributed by atoms with Crippen LogP contribution in [-0.4, -0.2) is 35.2 Å². The predicted molar refractivity (Wildman–Crippen MR) is 120 cm³/mol. The summed E-state index contributed by atoms with van der Waals surface area (Å²) in [6.45, 7) is 10.1. The summed E-state index contributed by atoms with van der Waals surface area (Å²) in [5.41, 5.74) is 2.54. The molecule has 1 unspecified atom stereocenters. The summed E-state index contributed by atoms with van der Waals surface area (Å²) >= 11 is 0. The van der Waals surface area contributed by atoms with Gasteiger partial charge < -0.3 is 14.7 Å². The third kappa shape index (κ3) is 4.45. The molecule has 1 atom stereocenters. The van der Waals surface area contributed by atoms with Crippen molar-refractivity contribution in [2.45, 2.75) is 32.2 Å². The van der Waals surface area contributed by atoms with Crippen molar-refractivity contribution in [1.29, 1.82) is 0 Å². The lowest BCUT2D eigenvalue weighted by atomic mass is 9.80. The molecule has 0 fully saturated rings. The van der Waals surface area contributed by atoms with Crippen LogP contribution in [-0.2, 0) is 14.9 Å². The van der Waals surface area contributed by atoms with Crippen LogP contribution in [0, 0.1) is 10.1 Å². The lowest BCUT2D eigenvalue weighted by Gasteiger charge is -2.32. The maximum Gasteiger partial charge on any atom is 0.333 e. The predicted octanol–water partition coefficient (Wildman–Crippen LogP) is 4.60. The highest BCUT2D eigenvalue weighted by Crippen LogP contribution is 2.45. The monoisotopic (exact) mass is 422 g/mol. The van der Waals surface area contributed by atoms with Gasteiger partial charge >= 0.3 is 5.97 Å². The van der Waals surface area contributed by atoms with E-state index in [2.05, 4.69) is 31.4 Å². The Morgan fingerprint density at radius 1 is 1.32 bits per heavy atom. The molecule has 7 nitrogen and oxygen atoms in total. The highest BCUT2D eigenvalue weighted by atomic mass is 16.6. The van der Waals surface area contributed by atoms with E-state index >= 15 is 0 Å². The summed E-state index contributed by atoms with van der Waals surface area (Å²) in [4.78, 5) is 24.5. The number of nitrogens with zero attached hydrogens (tertiary/aromatic N) is 2. The molecule has 1 aliphatic heterocycles. The first-order valence-electron chi connectivity index (χ1n) is 9.97. The first-order valence-corrected chi connectivity index (χ1v) is 9.97. The summed E-state index contributed by atoms with van der Waals surface area (Å²) in [6.07, 6.45) is 3.63. The SMILES string of the molecule is C=C(C)C(=O)OCCN1c2ccccc2C(C)(C)C1/C=C/c1cc([N+](=O)[O-])ccc1O. The summed E-state index contributed by atoms with van der Waals surface area (Å²) in [6, 6.07) is 11.9. The fourth-order valence-electron chi connectivity index (χ4n) is 3.92. The Kier molecular flexibility index (Phi) is 6.15. The van der Waals surface area contributed by atoms with E-state index in [0.29, 0.717) is 17.7 Å². The van der Waals surface area contributed by atoms with Crippen LogP contribution < -0.4 is 4.90 Å². The average Bonchev–Trinajstić information content (AvgIpc) is 2.94. The number of para-hydroxylation sites is 1. The second kappa shape index (κ2) is 8.63. The lowest BCUT2D eigenvalue weighted by molar-refractivity contribution is -0.384. The molecule has 1 N–H and O–H groups in total. The summed E-state index contributed by atoms with van der Waals surface area (Å²) in [5, 5.41) is 21.3. The molecule has 0 bridgehead atoms. The molecule has 7 heteroatoms. The molecular weight excluding hydrogens is 396 g/mol. The topological polar surface area (TPSA) is 92.9 Å². The number of phenolic OH excluding ortho intramolecular Hbond substituents is 1. The number of carbonyl (C=O) groups is 1. The molecule has 1 heterocycles. The summed E-state index contributed by atoms with van der Waals surface area (Å²) < 4.78 is 5.30. The number of nitro benzene ring substituents is 1. The highest BCUT2D eigenvalue weighted by Gasteiger charge is 2.42. The van der Waals surface area contributed by atoms with E-state index in [1.165, 1.54) is 18.2 Å². The van der Waals surface area contributed by atoms with E-state index < -0.39 is 10.9 Å². The van der Waals surface area contributed by atoms with E-state index in [1.54, 1.807) is 13.0 Å². The number of esters is 1. The van der Waals surface area contributed by atoms with Crippen LogP contribution in [0.5, 0.6) is 5.75 Å². The number of hydrogen-bond donors (Lipinski definition) is 1. The first-order chi connectivity index (χ1) is 14.6. The smallest absolute Gasteiger partial charge is 0.333 e. The zero-order chi connectivity index (χ0) is 22.8. The third-order valence-electron chi connectivity index (χ3n) is 5.58. The van der Waals surface area contributed by atoms with Gasteiger partial charge in [0.25, 0.3) is 5.69 Å². The molecule has 0 aliphatic carbocycles. The molecule has 0 saturated heterocycles. The largest absolute Gasteiger partial charge is 0.507 e. The van der Waals surface area contributed by atoms with Crippen LogP contribution in [0.2, 0.25) is 0 Å². The van der Waals surface area contributed by atoms with Gasteiger partial charge in [0.2, 0.25) is 0 Å². The van der Waals surface area contributed by atoms with Gasteiger partial charge in [-0.2, -0.15) is 0 Å². The molecule has 31 heavy (non-hydrogen) atoms. The van der Waals surface area contributed by atoms with Gasteiger partial charge in [-0.25, -0.2) is 4.79 Å². The maximum absolute atomic E-state index is 11.8. The number of carbonyl (C=O) groups excluding carboxylic acids is 1. The van der Waals surface area contributed by atoms with Crippen molar-refractivity contribution in [1.82, 2.24) is 0 Å². The second-order valence-electron chi connectivity index (χ2n) is 8.15. The standard InChI is InChI=1S/C24H26N2O5/c1-16(2)23(28)31-14-13-25-20-8-6-5-7-19(20)24(3,4)22(25)12-9-17-15-18(26(29)30)10-11-21(17)27/h5-12,15,22,27H,1,13-14H2,2-4H3/b12-9+. The number of rotatable bonds is 7. The minimum Gasteiger partial charge on any atom is -0.507 e. The lowest BCUT2D eigenvalue weighted by Crippen LogP contribution is -2.41. The number of benzene rings is 2. The Labute approximate surface area is 181 Å². The summed E-state index contributed by atoms with van der Waals surface area (Å²) in [7, 11) is 0. The van der Waals surface area contributed by atoms with E-state index in [4.69, 9.17) is 4.74 Å². The molecule has 2 aromatic carbocycles. The fraction of sp³-hybridized carbons (Fsp3) is 0.292. The molecule has 2 aromatic rings. The zero-order valence-electron chi connectivity index (χ0n) is 17.9. The first kappa shape index (κ1) is 22.1. The number of non-ortho nitro benzene ring substituents is 1. The third-order valence-corrected chi connectivity index (χ3v) is 5.58. The molecule has 0 aromatic heterocycles. The van der Waals surface area contributed by atoms with E-state index in [9.17, 15) is 20.0 Å². The number of anilines is 1. The van der Waals surface area contributed by atoms with Crippen molar-refractivity contribution >= 4 is 23.4 Å². The molecular formula is C24H26N2O5. The Morgan fingerprint density at radius 2 is 2.03 bits per heavy atom. The molecule has 0 saturated carbocycles. The van der Waals surface area contributed by atoms with Crippen molar-refractivity contribution in [3.8, 4) is 5.75 Å².